The van der Waals surface area contributed by atoms with E-state index >= 15 is 0 Å². The van der Waals surface area contributed by atoms with Crippen LogP contribution in [0.1, 0.15) is 18.4 Å². The van der Waals surface area contributed by atoms with Crippen LogP contribution in [0.15, 0.2) is 53.4 Å². The van der Waals surface area contributed by atoms with Gasteiger partial charge >= 0.3 is 0 Å². The van der Waals surface area contributed by atoms with Gasteiger partial charge in [0, 0.05) is 12.6 Å². The molecule has 1 heterocycles. The molecule has 4 N–H and O–H groups in total. The van der Waals surface area contributed by atoms with E-state index in [0.717, 1.165) is 37.6 Å². The highest BCUT2D eigenvalue weighted by Crippen LogP contribution is 2.27. The normalized spacial score (nSPS) is 14.1. The van der Waals surface area contributed by atoms with E-state index in [4.69, 9.17) is 5.14 Å². The van der Waals surface area contributed by atoms with E-state index in [1.165, 1.54) is 12.1 Å². The summed E-state index contributed by atoms with van der Waals surface area (Å²) in [6.07, 6.45) is 2.02. The van der Waals surface area contributed by atoms with Gasteiger partial charge in [0.1, 0.15) is 12.3 Å². The number of hydrogen-bond donors (Lipinski definition) is 3. The fourth-order valence-corrected chi connectivity index (χ4v) is 3.57. The third-order valence-electron chi connectivity index (χ3n) is 4.70. The van der Waals surface area contributed by atoms with Crippen LogP contribution in [0, 0.1) is 16.0 Å². The van der Waals surface area contributed by atoms with Crippen molar-refractivity contribution in [3.8, 4) is 0 Å². The maximum absolute atomic E-state index is 11.3. The Morgan fingerprint density at radius 1 is 1.19 bits per heavy atom. The number of primary sulfonamides is 1. The Balaban J connectivity index is 0.000000285. The number of nitro groups is 1. The standard InChI is InChI=1S/C12H18N4O4S.C8H8O2/c13-21(19,20)10-1-2-11(12(7-10)16(17)18)15-8-9-3-5-14-6-4-9;9-7-10-6-8-4-2-1-3-5-8/h1-2,7,9,14-15H,3-6,8H2,(H2,13,19,20);1-5,7H,6H2. The maximum atomic E-state index is 11.3. The summed E-state index contributed by atoms with van der Waals surface area (Å²) in [5.74, 6) is 0.448. The molecule has 0 unspecified atom stereocenters. The second kappa shape index (κ2) is 12.0. The first-order valence-corrected chi connectivity index (χ1v) is 11.2. The molecule has 11 heteroatoms. The summed E-state index contributed by atoms with van der Waals surface area (Å²) in [7, 11) is -3.95. The highest BCUT2D eigenvalue weighted by Gasteiger charge is 2.20. The molecule has 31 heavy (non-hydrogen) atoms. The predicted molar refractivity (Wildman–Crippen MR) is 116 cm³/mol. The van der Waals surface area contributed by atoms with Crippen LogP contribution in [0.4, 0.5) is 11.4 Å². The van der Waals surface area contributed by atoms with Crippen LogP contribution in [0.2, 0.25) is 0 Å². The molecule has 1 fully saturated rings. The number of nitrogens with two attached hydrogens (primary N) is 1. The summed E-state index contributed by atoms with van der Waals surface area (Å²) in [4.78, 5) is 20.0. The summed E-state index contributed by atoms with van der Waals surface area (Å²) in [6.45, 7) is 3.33. The van der Waals surface area contributed by atoms with Crippen LogP contribution in [0.5, 0.6) is 0 Å². The number of nitro benzene ring substituents is 1. The number of anilines is 1. The average Bonchev–Trinajstić information content (AvgIpc) is 2.77. The quantitative estimate of drug-likeness (QED) is 0.313. The summed E-state index contributed by atoms with van der Waals surface area (Å²) >= 11 is 0. The van der Waals surface area contributed by atoms with Gasteiger partial charge in [-0.05, 0) is 49.5 Å². The number of ether oxygens (including phenoxy) is 1. The Kier molecular flexibility index (Phi) is 9.38. The van der Waals surface area contributed by atoms with Crippen LogP contribution in [-0.2, 0) is 26.2 Å². The van der Waals surface area contributed by atoms with Crippen LogP contribution in [0.25, 0.3) is 0 Å². The Morgan fingerprint density at radius 3 is 2.45 bits per heavy atom. The molecule has 1 aliphatic heterocycles. The number of hydrogen-bond acceptors (Lipinski definition) is 8. The van der Waals surface area contributed by atoms with Gasteiger partial charge in [-0.2, -0.15) is 0 Å². The zero-order chi connectivity index (χ0) is 22.7. The fraction of sp³-hybridized carbons (Fsp3) is 0.350. The van der Waals surface area contributed by atoms with Crippen molar-refractivity contribution in [2.75, 3.05) is 25.0 Å². The molecule has 0 atom stereocenters. The van der Waals surface area contributed by atoms with E-state index in [2.05, 4.69) is 15.4 Å². The highest BCUT2D eigenvalue weighted by molar-refractivity contribution is 7.89. The zero-order valence-electron chi connectivity index (χ0n) is 16.9. The third kappa shape index (κ3) is 8.32. The van der Waals surface area contributed by atoms with Crippen LogP contribution >= 0.6 is 0 Å². The van der Waals surface area contributed by atoms with Crippen molar-refractivity contribution < 1.29 is 22.9 Å². The number of nitrogens with zero attached hydrogens (tertiary/aromatic N) is 1. The number of nitrogens with one attached hydrogen (secondary N) is 2. The predicted octanol–water partition coefficient (Wildman–Crippen LogP) is 2.01. The second-order valence-electron chi connectivity index (χ2n) is 6.95. The Morgan fingerprint density at radius 2 is 1.87 bits per heavy atom. The fourth-order valence-electron chi connectivity index (χ4n) is 3.03. The smallest absolute Gasteiger partial charge is 0.293 e. The van der Waals surface area contributed by atoms with Gasteiger partial charge in [0.05, 0.1) is 9.82 Å². The SMILES string of the molecule is NS(=O)(=O)c1ccc(NCC2CCNCC2)c([N+](=O)[O-])c1.O=COCc1ccccc1. The van der Waals surface area contributed by atoms with Gasteiger partial charge in [-0.1, -0.05) is 30.3 Å². The molecule has 0 spiro atoms. The van der Waals surface area contributed by atoms with E-state index in [1.807, 2.05) is 30.3 Å². The molecule has 3 rings (SSSR count). The van der Waals surface area contributed by atoms with Crippen LogP contribution in [0.3, 0.4) is 0 Å². The van der Waals surface area contributed by atoms with Crippen molar-refractivity contribution in [2.45, 2.75) is 24.3 Å². The van der Waals surface area contributed by atoms with Crippen molar-refractivity contribution in [1.82, 2.24) is 5.32 Å². The van der Waals surface area contributed by atoms with E-state index in [9.17, 15) is 23.3 Å². The summed E-state index contributed by atoms with van der Waals surface area (Å²) in [5, 5.41) is 22.3. The number of benzene rings is 2. The molecule has 168 valence electrons. The lowest BCUT2D eigenvalue weighted by Crippen LogP contribution is -2.31. The highest BCUT2D eigenvalue weighted by atomic mass is 32.2. The molecular formula is C20H26N4O6S. The molecule has 2 aromatic carbocycles. The molecule has 0 radical (unpaired) electrons. The monoisotopic (exact) mass is 450 g/mol. The first-order chi connectivity index (χ1) is 14.8. The molecule has 2 aromatic rings. The minimum atomic E-state index is -3.95. The average molecular weight is 451 g/mol. The van der Waals surface area contributed by atoms with Gasteiger partial charge in [0.25, 0.3) is 12.2 Å². The van der Waals surface area contributed by atoms with E-state index in [1.54, 1.807) is 0 Å². The van der Waals surface area contributed by atoms with Crippen LogP contribution in [-0.4, -0.2) is 39.4 Å². The first kappa shape index (κ1) is 24.3. The topological polar surface area (TPSA) is 154 Å². The largest absolute Gasteiger partial charge is 0.463 e. The van der Waals surface area contributed by atoms with Gasteiger partial charge in [-0.15, -0.1) is 0 Å². The van der Waals surface area contributed by atoms with Crippen molar-refractivity contribution in [1.29, 1.82) is 0 Å². The molecule has 0 bridgehead atoms. The number of rotatable bonds is 8. The van der Waals surface area contributed by atoms with Gasteiger partial charge < -0.3 is 15.4 Å². The Hall–Kier alpha value is -3.02. The van der Waals surface area contributed by atoms with E-state index < -0.39 is 14.9 Å². The summed E-state index contributed by atoms with van der Waals surface area (Å²) < 4.78 is 27.0. The Bertz CT molecular complexity index is 963. The lowest BCUT2D eigenvalue weighted by molar-refractivity contribution is -0.384. The molecule has 1 saturated heterocycles. The molecule has 0 aliphatic carbocycles. The summed E-state index contributed by atoms with van der Waals surface area (Å²) in [5.41, 5.74) is 1.04. The molecule has 0 aromatic heterocycles. The van der Waals surface area contributed by atoms with Gasteiger partial charge in [0.2, 0.25) is 10.0 Å². The molecular weight excluding hydrogens is 424 g/mol. The zero-order valence-corrected chi connectivity index (χ0v) is 17.7. The maximum Gasteiger partial charge on any atom is 0.293 e. The Labute approximate surface area is 181 Å². The first-order valence-electron chi connectivity index (χ1n) is 9.66. The van der Waals surface area contributed by atoms with Crippen LogP contribution < -0.4 is 15.8 Å². The van der Waals surface area contributed by atoms with Crippen molar-refractivity contribution >= 4 is 27.9 Å². The van der Waals surface area contributed by atoms with Crippen molar-refractivity contribution in [2.24, 2.45) is 11.1 Å². The van der Waals surface area contributed by atoms with E-state index in [-0.39, 0.29) is 10.6 Å². The molecule has 1 aliphatic rings. The number of piperidine rings is 1. The molecule has 0 amide bonds. The van der Waals surface area contributed by atoms with Gasteiger partial charge in [0.15, 0.2) is 0 Å². The minimum Gasteiger partial charge on any atom is -0.463 e. The minimum absolute atomic E-state index is 0.262. The second-order valence-corrected chi connectivity index (χ2v) is 8.51. The van der Waals surface area contributed by atoms with Gasteiger partial charge in [-0.3, -0.25) is 14.9 Å². The third-order valence-corrected chi connectivity index (χ3v) is 5.61. The molecule has 10 nitrogen and oxygen atoms in total. The number of sulfonamides is 1. The van der Waals surface area contributed by atoms with Crippen molar-refractivity contribution in [3.05, 3.63) is 64.2 Å². The lowest BCUT2D eigenvalue weighted by Gasteiger charge is -2.23. The van der Waals surface area contributed by atoms with Crippen molar-refractivity contribution in [3.63, 3.8) is 0 Å². The number of carbonyl (C=O) groups is 1. The lowest BCUT2D eigenvalue weighted by atomic mass is 9.98. The van der Waals surface area contributed by atoms with Gasteiger partial charge in [-0.25, -0.2) is 13.6 Å². The van der Waals surface area contributed by atoms with E-state index in [0.29, 0.717) is 31.2 Å². The molecule has 0 saturated carbocycles. The summed E-state index contributed by atoms with van der Waals surface area (Å²) in [6, 6.07) is 13.2. The number of carbonyl (C=O) groups excluding carboxylic acids is 1.